The molecule has 1 rings (SSSR count). The van der Waals surface area contributed by atoms with E-state index in [4.69, 9.17) is 28.9 Å². The molecule has 94 valence electrons. The first-order valence-corrected chi connectivity index (χ1v) is 6.56. The number of methoxy groups -OCH3 is 1. The van der Waals surface area contributed by atoms with Gasteiger partial charge in [-0.25, -0.2) is 0 Å². The number of benzene rings is 1. The lowest BCUT2D eigenvalue weighted by Crippen LogP contribution is -2.48. The molecule has 0 saturated carbocycles. The van der Waals surface area contributed by atoms with Crippen LogP contribution in [0.1, 0.15) is 6.92 Å². The molecular weight excluding hydrogens is 281 g/mol. The van der Waals surface area contributed by atoms with E-state index >= 15 is 0 Å². The molecule has 0 aliphatic heterocycles. The maximum Gasteiger partial charge on any atom is 0.326 e. The van der Waals surface area contributed by atoms with Crippen molar-refractivity contribution in [2.45, 2.75) is 17.4 Å². The monoisotopic (exact) mass is 293 g/mol. The van der Waals surface area contributed by atoms with Gasteiger partial charge < -0.3 is 10.5 Å². The minimum atomic E-state index is -1.05. The molecule has 6 heteroatoms. The molecule has 0 heterocycles. The molecule has 0 fully saturated rings. The molecule has 17 heavy (non-hydrogen) atoms. The number of halogens is 2. The van der Waals surface area contributed by atoms with Crippen LogP contribution in [-0.2, 0) is 9.53 Å². The summed E-state index contributed by atoms with van der Waals surface area (Å²) in [6.07, 6.45) is 0. The molecule has 0 aliphatic carbocycles. The van der Waals surface area contributed by atoms with Crippen LogP contribution >= 0.6 is 35.0 Å². The van der Waals surface area contributed by atoms with Gasteiger partial charge in [0.2, 0.25) is 0 Å². The van der Waals surface area contributed by atoms with Crippen molar-refractivity contribution in [2.24, 2.45) is 5.73 Å². The highest BCUT2D eigenvalue weighted by molar-refractivity contribution is 7.99. The van der Waals surface area contributed by atoms with Crippen molar-refractivity contribution in [3.05, 3.63) is 28.2 Å². The first-order chi connectivity index (χ1) is 7.86. The van der Waals surface area contributed by atoms with Gasteiger partial charge in [-0.2, -0.15) is 0 Å². The van der Waals surface area contributed by atoms with E-state index in [9.17, 15) is 4.79 Å². The zero-order valence-electron chi connectivity index (χ0n) is 9.50. The summed E-state index contributed by atoms with van der Waals surface area (Å²) in [6, 6.07) is 5.15. The lowest BCUT2D eigenvalue weighted by Gasteiger charge is -2.20. The number of carbonyl (C=O) groups is 1. The van der Waals surface area contributed by atoms with E-state index in [0.29, 0.717) is 15.8 Å². The van der Waals surface area contributed by atoms with Crippen molar-refractivity contribution in [3.8, 4) is 0 Å². The number of rotatable bonds is 4. The third-order valence-electron chi connectivity index (χ3n) is 2.07. The zero-order valence-corrected chi connectivity index (χ0v) is 11.8. The van der Waals surface area contributed by atoms with Gasteiger partial charge in [0.1, 0.15) is 5.54 Å². The Morgan fingerprint density at radius 1 is 1.53 bits per heavy atom. The average molecular weight is 294 g/mol. The van der Waals surface area contributed by atoms with Crippen molar-refractivity contribution >= 4 is 40.9 Å². The Bertz CT molecular complexity index is 424. The summed E-state index contributed by atoms with van der Waals surface area (Å²) < 4.78 is 4.62. The fourth-order valence-corrected chi connectivity index (χ4v) is 2.61. The SMILES string of the molecule is COC(=O)C(C)(N)CSc1cc(Cl)ccc1Cl. The third-order valence-corrected chi connectivity index (χ3v) is 4.14. The Kier molecular flexibility index (Phi) is 5.13. The summed E-state index contributed by atoms with van der Waals surface area (Å²) in [6.45, 7) is 1.62. The first-order valence-electron chi connectivity index (χ1n) is 4.82. The molecule has 1 aromatic carbocycles. The quantitative estimate of drug-likeness (QED) is 0.685. The van der Waals surface area contributed by atoms with Crippen molar-refractivity contribution in [1.29, 1.82) is 0 Å². The molecule has 0 aromatic heterocycles. The van der Waals surface area contributed by atoms with Crippen molar-refractivity contribution in [3.63, 3.8) is 0 Å². The topological polar surface area (TPSA) is 52.3 Å². The van der Waals surface area contributed by atoms with Crippen LogP contribution in [0, 0.1) is 0 Å². The maximum atomic E-state index is 11.4. The van der Waals surface area contributed by atoms with Crippen LogP contribution in [0.4, 0.5) is 0 Å². The molecule has 0 radical (unpaired) electrons. The predicted octanol–water partition coefficient (Wildman–Crippen LogP) is 2.98. The van der Waals surface area contributed by atoms with Crippen LogP contribution in [0.3, 0.4) is 0 Å². The Balaban J connectivity index is 2.73. The minimum Gasteiger partial charge on any atom is -0.468 e. The molecule has 0 aliphatic rings. The fraction of sp³-hybridized carbons (Fsp3) is 0.364. The van der Waals surface area contributed by atoms with Crippen LogP contribution in [0.5, 0.6) is 0 Å². The molecule has 3 nitrogen and oxygen atoms in total. The lowest BCUT2D eigenvalue weighted by atomic mass is 10.1. The third kappa shape index (κ3) is 4.07. The number of esters is 1. The van der Waals surface area contributed by atoms with Crippen LogP contribution < -0.4 is 5.73 Å². The molecule has 1 unspecified atom stereocenters. The van der Waals surface area contributed by atoms with Crippen LogP contribution in [-0.4, -0.2) is 24.4 Å². The predicted molar refractivity (Wildman–Crippen MR) is 71.8 cm³/mol. The number of hydrogen-bond donors (Lipinski definition) is 1. The maximum absolute atomic E-state index is 11.4. The van der Waals surface area contributed by atoms with Gasteiger partial charge in [-0.15, -0.1) is 11.8 Å². The van der Waals surface area contributed by atoms with Gasteiger partial charge >= 0.3 is 5.97 Å². The highest BCUT2D eigenvalue weighted by Crippen LogP contribution is 2.31. The number of nitrogens with two attached hydrogens (primary N) is 1. The number of hydrogen-bond acceptors (Lipinski definition) is 4. The Labute approximate surface area is 115 Å². The van der Waals surface area contributed by atoms with Gasteiger partial charge in [-0.3, -0.25) is 4.79 Å². The summed E-state index contributed by atoms with van der Waals surface area (Å²) in [4.78, 5) is 12.2. The normalized spacial score (nSPS) is 14.2. The first kappa shape index (κ1) is 14.6. The molecular formula is C11H13Cl2NO2S. The second-order valence-electron chi connectivity index (χ2n) is 3.77. The molecule has 0 spiro atoms. The minimum absolute atomic E-state index is 0.361. The van der Waals surface area contributed by atoms with E-state index in [2.05, 4.69) is 4.74 Å². The van der Waals surface area contributed by atoms with E-state index in [-0.39, 0.29) is 0 Å². The van der Waals surface area contributed by atoms with Gasteiger partial charge in [0.15, 0.2) is 0 Å². The van der Waals surface area contributed by atoms with E-state index in [1.807, 2.05) is 0 Å². The average Bonchev–Trinajstić information content (AvgIpc) is 2.29. The number of carbonyl (C=O) groups excluding carboxylic acids is 1. The molecule has 0 amide bonds. The van der Waals surface area contributed by atoms with Gasteiger partial charge in [0.25, 0.3) is 0 Å². The van der Waals surface area contributed by atoms with Crippen molar-refractivity contribution < 1.29 is 9.53 Å². The Morgan fingerprint density at radius 2 is 2.18 bits per heavy atom. The smallest absolute Gasteiger partial charge is 0.326 e. The lowest BCUT2D eigenvalue weighted by molar-refractivity contribution is -0.145. The second kappa shape index (κ2) is 5.96. The van der Waals surface area contributed by atoms with Gasteiger partial charge in [0, 0.05) is 15.7 Å². The van der Waals surface area contributed by atoms with Crippen LogP contribution in [0.25, 0.3) is 0 Å². The molecule has 0 bridgehead atoms. The van der Waals surface area contributed by atoms with E-state index in [1.165, 1.54) is 18.9 Å². The number of thioether (sulfide) groups is 1. The summed E-state index contributed by atoms with van der Waals surface area (Å²) in [5, 5.41) is 1.17. The second-order valence-corrected chi connectivity index (χ2v) is 5.63. The van der Waals surface area contributed by atoms with Gasteiger partial charge in [0.05, 0.1) is 12.1 Å². The highest BCUT2D eigenvalue weighted by atomic mass is 35.5. The van der Waals surface area contributed by atoms with E-state index < -0.39 is 11.5 Å². The summed E-state index contributed by atoms with van der Waals surface area (Å²) >= 11 is 13.2. The summed E-state index contributed by atoms with van der Waals surface area (Å²) in [5.41, 5.74) is 4.78. The highest BCUT2D eigenvalue weighted by Gasteiger charge is 2.29. The molecule has 1 atom stereocenters. The van der Waals surface area contributed by atoms with E-state index in [0.717, 1.165) is 4.90 Å². The van der Waals surface area contributed by atoms with E-state index in [1.54, 1.807) is 25.1 Å². The molecule has 0 saturated heterocycles. The van der Waals surface area contributed by atoms with Crippen LogP contribution in [0.2, 0.25) is 10.0 Å². The molecule has 2 N–H and O–H groups in total. The van der Waals surface area contributed by atoms with Gasteiger partial charge in [-0.1, -0.05) is 23.2 Å². The standard InChI is InChI=1S/C11H13Cl2NO2S/c1-11(14,10(15)16-2)6-17-9-5-7(12)3-4-8(9)13/h3-5H,6,14H2,1-2H3. The van der Waals surface area contributed by atoms with Crippen molar-refractivity contribution in [2.75, 3.05) is 12.9 Å². The Hall–Kier alpha value is -0.420. The summed E-state index contributed by atoms with van der Waals surface area (Å²) in [5.74, 6) is -0.0946. The fourth-order valence-electron chi connectivity index (χ4n) is 1.11. The van der Waals surface area contributed by atoms with Crippen molar-refractivity contribution in [1.82, 2.24) is 0 Å². The molecule has 1 aromatic rings. The van der Waals surface area contributed by atoms with Gasteiger partial charge in [-0.05, 0) is 25.1 Å². The number of ether oxygens (including phenoxy) is 1. The summed E-state index contributed by atoms with van der Waals surface area (Å²) in [7, 11) is 1.31. The zero-order chi connectivity index (χ0) is 13.1. The van der Waals surface area contributed by atoms with Crippen LogP contribution in [0.15, 0.2) is 23.1 Å². The Morgan fingerprint density at radius 3 is 2.76 bits per heavy atom. The largest absolute Gasteiger partial charge is 0.468 e.